The van der Waals surface area contributed by atoms with E-state index >= 15 is 0 Å². The van der Waals surface area contributed by atoms with E-state index in [2.05, 4.69) is 15.5 Å². The van der Waals surface area contributed by atoms with Crippen molar-refractivity contribution in [3.63, 3.8) is 0 Å². The van der Waals surface area contributed by atoms with Crippen LogP contribution in [0.1, 0.15) is 56.8 Å². The predicted octanol–water partition coefficient (Wildman–Crippen LogP) is 3.13. The Hall–Kier alpha value is -2.90. The molecule has 0 aliphatic heterocycles. The summed E-state index contributed by atoms with van der Waals surface area (Å²) in [5, 5.41) is 22.8. The van der Waals surface area contributed by atoms with Crippen LogP contribution in [0.4, 0.5) is 0 Å². The molecule has 1 N–H and O–H groups in total. The van der Waals surface area contributed by atoms with Gasteiger partial charge in [-0.1, -0.05) is 19.3 Å². The van der Waals surface area contributed by atoms with Gasteiger partial charge in [-0.05, 0) is 60.4 Å². The quantitative estimate of drug-likeness (QED) is 0.497. The fourth-order valence-electron chi connectivity index (χ4n) is 3.86. The molecule has 8 nitrogen and oxygen atoms in total. The number of fused-ring (bicyclic) bond motifs is 1. The van der Waals surface area contributed by atoms with E-state index in [1.54, 1.807) is 18.2 Å². The van der Waals surface area contributed by atoms with Crippen LogP contribution in [-0.2, 0) is 6.42 Å². The van der Waals surface area contributed by atoms with Crippen LogP contribution in [0, 0.1) is 0 Å². The van der Waals surface area contributed by atoms with E-state index in [9.17, 15) is 10.0 Å². The third-order valence-corrected chi connectivity index (χ3v) is 5.39. The summed E-state index contributed by atoms with van der Waals surface area (Å²) in [6.45, 7) is 0.593. The molecule has 0 saturated heterocycles. The first-order chi connectivity index (χ1) is 13.7. The molecule has 1 aromatic carbocycles. The molecule has 1 saturated carbocycles. The molecule has 3 aromatic rings. The third kappa shape index (κ3) is 4.00. The van der Waals surface area contributed by atoms with Crippen LogP contribution in [0.3, 0.4) is 0 Å². The highest BCUT2D eigenvalue weighted by Gasteiger charge is 2.19. The van der Waals surface area contributed by atoms with Crippen molar-refractivity contribution >= 4 is 10.9 Å². The molecule has 148 valence electrons. The number of benzene rings is 1. The number of hydrogen-bond acceptors (Lipinski definition) is 6. The SMILES string of the molecule is O=c1ccc2cc(OCCCCc3nnnn3C3CCCCC3)ccc2n1O. The molecule has 8 heteroatoms. The average Bonchev–Trinajstić information content (AvgIpc) is 3.20. The van der Waals surface area contributed by atoms with Crippen LogP contribution in [0.15, 0.2) is 35.1 Å². The van der Waals surface area contributed by atoms with Gasteiger partial charge < -0.3 is 9.94 Å². The third-order valence-electron chi connectivity index (χ3n) is 5.39. The van der Waals surface area contributed by atoms with E-state index < -0.39 is 5.56 Å². The molecule has 0 radical (unpaired) electrons. The molecule has 0 atom stereocenters. The molecule has 28 heavy (non-hydrogen) atoms. The number of nitrogens with zero attached hydrogens (tertiary/aromatic N) is 5. The van der Waals surface area contributed by atoms with Gasteiger partial charge in [0, 0.05) is 17.9 Å². The molecule has 0 spiro atoms. The Morgan fingerprint density at radius 2 is 1.96 bits per heavy atom. The summed E-state index contributed by atoms with van der Waals surface area (Å²) < 4.78 is 8.50. The normalized spacial score (nSPS) is 15.1. The monoisotopic (exact) mass is 383 g/mol. The van der Waals surface area contributed by atoms with Gasteiger partial charge in [0.2, 0.25) is 0 Å². The molecule has 0 unspecified atom stereocenters. The molecule has 2 heterocycles. The van der Waals surface area contributed by atoms with Crippen molar-refractivity contribution in [3.8, 4) is 5.75 Å². The van der Waals surface area contributed by atoms with E-state index in [0.717, 1.165) is 36.2 Å². The minimum atomic E-state index is -0.447. The first-order valence-electron chi connectivity index (χ1n) is 9.97. The molecule has 1 aliphatic rings. The number of rotatable bonds is 7. The van der Waals surface area contributed by atoms with Gasteiger partial charge in [-0.2, -0.15) is 0 Å². The minimum absolute atomic E-state index is 0.447. The Kier molecular flexibility index (Phi) is 5.55. The number of aromatic nitrogens is 5. The first kappa shape index (κ1) is 18.5. The second-order valence-electron chi connectivity index (χ2n) is 7.34. The number of aryl methyl sites for hydroxylation is 1. The van der Waals surface area contributed by atoms with E-state index in [0.29, 0.717) is 22.9 Å². The molecule has 4 rings (SSSR count). The Morgan fingerprint density at radius 1 is 1.11 bits per heavy atom. The molecule has 1 aliphatic carbocycles. The molecule has 2 aromatic heterocycles. The zero-order valence-corrected chi connectivity index (χ0v) is 15.8. The summed E-state index contributed by atoms with van der Waals surface area (Å²) in [6, 6.07) is 8.75. The maximum Gasteiger partial charge on any atom is 0.283 e. The highest BCUT2D eigenvalue weighted by molar-refractivity contribution is 5.80. The van der Waals surface area contributed by atoms with Crippen molar-refractivity contribution in [2.24, 2.45) is 0 Å². The van der Waals surface area contributed by atoms with E-state index in [1.165, 1.54) is 38.2 Å². The van der Waals surface area contributed by atoms with E-state index in [4.69, 9.17) is 4.74 Å². The Bertz CT molecular complexity index is 991. The number of hydrogen-bond donors (Lipinski definition) is 1. The van der Waals surface area contributed by atoms with Gasteiger partial charge in [0.25, 0.3) is 5.56 Å². The summed E-state index contributed by atoms with van der Waals surface area (Å²) in [6.07, 6.45) is 8.88. The Labute approximate surface area is 162 Å². The molecule has 0 amide bonds. The van der Waals surface area contributed by atoms with Gasteiger partial charge >= 0.3 is 0 Å². The summed E-state index contributed by atoms with van der Waals surface area (Å²) in [7, 11) is 0. The van der Waals surface area contributed by atoms with Crippen molar-refractivity contribution in [1.82, 2.24) is 24.9 Å². The minimum Gasteiger partial charge on any atom is -0.494 e. The average molecular weight is 383 g/mol. The second kappa shape index (κ2) is 8.41. The molecular formula is C20H25N5O3. The van der Waals surface area contributed by atoms with Crippen LogP contribution < -0.4 is 10.3 Å². The van der Waals surface area contributed by atoms with Crippen LogP contribution >= 0.6 is 0 Å². The maximum atomic E-state index is 11.5. The number of ether oxygens (including phenoxy) is 1. The number of pyridine rings is 1. The van der Waals surface area contributed by atoms with Crippen LogP contribution in [-0.4, -0.2) is 36.8 Å². The smallest absolute Gasteiger partial charge is 0.283 e. The van der Waals surface area contributed by atoms with Gasteiger partial charge in [-0.3, -0.25) is 4.79 Å². The van der Waals surface area contributed by atoms with Crippen molar-refractivity contribution in [3.05, 3.63) is 46.5 Å². The van der Waals surface area contributed by atoms with Gasteiger partial charge in [-0.15, -0.1) is 9.83 Å². The summed E-state index contributed by atoms with van der Waals surface area (Å²) in [5.74, 6) is 1.69. The topological polar surface area (TPSA) is 95.1 Å². The lowest BCUT2D eigenvalue weighted by Gasteiger charge is -2.22. The highest BCUT2D eigenvalue weighted by atomic mass is 16.5. The van der Waals surface area contributed by atoms with Gasteiger partial charge in [-0.25, -0.2) is 4.68 Å². The zero-order valence-electron chi connectivity index (χ0n) is 15.8. The Morgan fingerprint density at radius 3 is 2.82 bits per heavy atom. The summed E-state index contributed by atoms with van der Waals surface area (Å²) >= 11 is 0. The fourth-order valence-corrected chi connectivity index (χ4v) is 3.86. The van der Waals surface area contributed by atoms with Crippen LogP contribution in [0.25, 0.3) is 10.9 Å². The van der Waals surface area contributed by atoms with Crippen LogP contribution in [0.5, 0.6) is 5.75 Å². The van der Waals surface area contributed by atoms with Gasteiger partial charge in [0.05, 0.1) is 18.2 Å². The lowest BCUT2D eigenvalue weighted by Crippen LogP contribution is -2.17. The first-order valence-corrected chi connectivity index (χ1v) is 9.97. The fraction of sp³-hybridized carbons (Fsp3) is 0.500. The van der Waals surface area contributed by atoms with Crippen molar-refractivity contribution < 1.29 is 9.94 Å². The lowest BCUT2D eigenvalue weighted by atomic mass is 9.95. The zero-order chi connectivity index (χ0) is 19.3. The largest absolute Gasteiger partial charge is 0.494 e. The van der Waals surface area contributed by atoms with E-state index in [1.807, 2.05) is 10.7 Å². The lowest BCUT2D eigenvalue weighted by molar-refractivity contribution is 0.188. The van der Waals surface area contributed by atoms with Crippen molar-refractivity contribution in [2.45, 2.75) is 57.4 Å². The van der Waals surface area contributed by atoms with Gasteiger partial charge in [0.15, 0.2) is 5.82 Å². The van der Waals surface area contributed by atoms with Gasteiger partial charge in [0.1, 0.15) is 5.75 Å². The Balaban J connectivity index is 1.27. The predicted molar refractivity (Wildman–Crippen MR) is 104 cm³/mol. The standard InChI is InChI=1S/C20H25N5O3/c26-20-12-9-15-14-17(10-11-18(15)25(20)27)28-13-5-4-8-19-21-22-23-24(19)16-6-2-1-3-7-16/h9-12,14,16,27H,1-8,13H2. The molecule has 1 fully saturated rings. The summed E-state index contributed by atoms with van der Waals surface area (Å²) in [5.41, 5.74) is 0.0196. The van der Waals surface area contributed by atoms with Crippen molar-refractivity contribution in [1.29, 1.82) is 0 Å². The maximum absolute atomic E-state index is 11.5. The van der Waals surface area contributed by atoms with Crippen LogP contribution in [0.2, 0.25) is 0 Å². The highest BCUT2D eigenvalue weighted by Crippen LogP contribution is 2.28. The molecule has 0 bridgehead atoms. The van der Waals surface area contributed by atoms with Crippen molar-refractivity contribution in [2.75, 3.05) is 6.61 Å². The number of tetrazole rings is 1. The van der Waals surface area contributed by atoms with E-state index in [-0.39, 0.29) is 0 Å². The molecular weight excluding hydrogens is 358 g/mol. The summed E-state index contributed by atoms with van der Waals surface area (Å²) in [4.78, 5) is 11.5. The number of unbranched alkanes of at least 4 members (excludes halogenated alkanes) is 1. The second-order valence-corrected chi connectivity index (χ2v) is 7.34.